The van der Waals surface area contributed by atoms with Crippen LogP contribution in [0.2, 0.25) is 0 Å². The van der Waals surface area contributed by atoms with Crippen molar-refractivity contribution >= 4 is 0 Å². The van der Waals surface area contributed by atoms with Crippen LogP contribution in [-0.2, 0) is 16.1 Å². The average molecular weight is 278 g/mol. The third-order valence-corrected chi connectivity index (χ3v) is 4.41. The molecule has 3 heteroatoms. The van der Waals surface area contributed by atoms with Crippen LogP contribution in [0.25, 0.3) is 0 Å². The van der Waals surface area contributed by atoms with Crippen molar-refractivity contribution in [2.75, 3.05) is 13.7 Å². The lowest BCUT2D eigenvalue weighted by Crippen LogP contribution is -2.49. The van der Waals surface area contributed by atoms with Gasteiger partial charge in [0.15, 0.2) is 0 Å². The SMILES string of the molecule is CO[C@@H]1[C@@H](COCc2ccccc2)[C@H](O)CCC1(C)C. The summed E-state index contributed by atoms with van der Waals surface area (Å²) < 4.78 is 11.5. The fraction of sp³-hybridized carbons (Fsp3) is 0.647. The summed E-state index contributed by atoms with van der Waals surface area (Å²) in [7, 11) is 1.73. The molecule has 0 amide bonds. The molecule has 1 aliphatic rings. The van der Waals surface area contributed by atoms with E-state index in [-0.39, 0.29) is 23.5 Å². The maximum atomic E-state index is 10.2. The Bertz CT molecular complexity index is 402. The number of rotatable bonds is 5. The Morgan fingerprint density at radius 2 is 1.95 bits per heavy atom. The molecule has 0 saturated heterocycles. The number of benzene rings is 1. The van der Waals surface area contributed by atoms with E-state index in [0.717, 1.165) is 18.4 Å². The fourth-order valence-electron chi connectivity index (χ4n) is 3.24. The minimum Gasteiger partial charge on any atom is -0.393 e. The Balaban J connectivity index is 1.92. The summed E-state index contributed by atoms with van der Waals surface area (Å²) in [5.74, 6) is 0.0486. The van der Waals surface area contributed by atoms with Crippen LogP contribution in [-0.4, -0.2) is 31.0 Å². The minimum absolute atomic E-state index is 0.0435. The first-order chi connectivity index (χ1) is 9.54. The normalized spacial score (nSPS) is 29.3. The van der Waals surface area contributed by atoms with Gasteiger partial charge in [0.25, 0.3) is 0 Å². The minimum atomic E-state index is -0.330. The van der Waals surface area contributed by atoms with Gasteiger partial charge in [-0.3, -0.25) is 0 Å². The molecule has 0 spiro atoms. The topological polar surface area (TPSA) is 38.7 Å². The smallest absolute Gasteiger partial charge is 0.0717 e. The van der Waals surface area contributed by atoms with E-state index in [1.165, 1.54) is 0 Å². The Hall–Kier alpha value is -0.900. The van der Waals surface area contributed by atoms with Gasteiger partial charge in [0.2, 0.25) is 0 Å². The van der Waals surface area contributed by atoms with Gasteiger partial charge in [-0.1, -0.05) is 44.2 Å². The van der Waals surface area contributed by atoms with Crippen LogP contribution in [0, 0.1) is 11.3 Å². The van der Waals surface area contributed by atoms with Gasteiger partial charge in [0, 0.05) is 13.0 Å². The first-order valence-electron chi connectivity index (χ1n) is 7.37. The second kappa shape index (κ2) is 6.70. The molecule has 0 aliphatic heterocycles. The molecule has 112 valence electrons. The first-order valence-corrected chi connectivity index (χ1v) is 7.37. The van der Waals surface area contributed by atoms with Gasteiger partial charge in [-0.25, -0.2) is 0 Å². The van der Waals surface area contributed by atoms with Crippen LogP contribution in [0.4, 0.5) is 0 Å². The summed E-state index contributed by atoms with van der Waals surface area (Å²) in [6, 6.07) is 10.1. The highest BCUT2D eigenvalue weighted by atomic mass is 16.5. The summed E-state index contributed by atoms with van der Waals surface area (Å²) in [5, 5.41) is 10.2. The zero-order valence-corrected chi connectivity index (χ0v) is 12.7. The predicted molar refractivity (Wildman–Crippen MR) is 79.4 cm³/mol. The first kappa shape index (κ1) is 15.5. The molecule has 0 aromatic heterocycles. The van der Waals surface area contributed by atoms with E-state index in [1.54, 1.807) is 7.11 Å². The molecule has 1 N–H and O–H groups in total. The number of methoxy groups -OCH3 is 1. The number of hydrogen-bond acceptors (Lipinski definition) is 3. The maximum absolute atomic E-state index is 10.2. The second-order valence-electron chi connectivity index (χ2n) is 6.42. The van der Waals surface area contributed by atoms with Crippen LogP contribution >= 0.6 is 0 Å². The summed E-state index contributed by atoms with van der Waals surface area (Å²) in [6.07, 6.45) is 1.53. The van der Waals surface area contributed by atoms with Gasteiger partial charge in [-0.05, 0) is 23.8 Å². The van der Waals surface area contributed by atoms with E-state index in [1.807, 2.05) is 18.2 Å². The van der Waals surface area contributed by atoms with Crippen molar-refractivity contribution in [3.05, 3.63) is 35.9 Å². The monoisotopic (exact) mass is 278 g/mol. The molecule has 0 unspecified atom stereocenters. The van der Waals surface area contributed by atoms with Crippen molar-refractivity contribution in [2.45, 2.75) is 45.5 Å². The van der Waals surface area contributed by atoms with Crippen molar-refractivity contribution in [2.24, 2.45) is 11.3 Å². The van der Waals surface area contributed by atoms with Crippen LogP contribution in [0.5, 0.6) is 0 Å². The molecule has 3 nitrogen and oxygen atoms in total. The molecule has 0 radical (unpaired) electrons. The third-order valence-electron chi connectivity index (χ3n) is 4.41. The van der Waals surface area contributed by atoms with E-state index in [9.17, 15) is 5.11 Å². The van der Waals surface area contributed by atoms with Crippen molar-refractivity contribution in [3.8, 4) is 0 Å². The average Bonchev–Trinajstić information content (AvgIpc) is 2.44. The Morgan fingerprint density at radius 3 is 2.60 bits per heavy atom. The number of aliphatic hydroxyl groups excluding tert-OH is 1. The molecule has 1 aromatic carbocycles. The van der Waals surface area contributed by atoms with Crippen LogP contribution in [0.1, 0.15) is 32.3 Å². The van der Waals surface area contributed by atoms with Gasteiger partial charge in [0.05, 0.1) is 25.4 Å². The van der Waals surface area contributed by atoms with Gasteiger partial charge in [-0.15, -0.1) is 0 Å². The molecule has 1 saturated carbocycles. The van der Waals surface area contributed by atoms with Gasteiger partial charge < -0.3 is 14.6 Å². The zero-order valence-electron chi connectivity index (χ0n) is 12.7. The molecule has 1 aromatic rings. The third kappa shape index (κ3) is 3.60. The van der Waals surface area contributed by atoms with Crippen LogP contribution in [0.3, 0.4) is 0 Å². The molecular formula is C17H26O3. The Morgan fingerprint density at radius 1 is 1.25 bits per heavy atom. The molecule has 20 heavy (non-hydrogen) atoms. The fourth-order valence-corrected chi connectivity index (χ4v) is 3.24. The van der Waals surface area contributed by atoms with E-state index < -0.39 is 0 Å². The molecule has 2 rings (SSSR count). The van der Waals surface area contributed by atoms with Gasteiger partial charge in [-0.2, -0.15) is 0 Å². The molecule has 0 heterocycles. The molecule has 3 atom stereocenters. The van der Waals surface area contributed by atoms with E-state index in [4.69, 9.17) is 9.47 Å². The highest BCUT2D eigenvalue weighted by Gasteiger charge is 2.43. The lowest BCUT2D eigenvalue weighted by molar-refractivity contribution is -0.134. The lowest BCUT2D eigenvalue weighted by atomic mass is 9.68. The van der Waals surface area contributed by atoms with E-state index >= 15 is 0 Å². The highest BCUT2D eigenvalue weighted by Crippen LogP contribution is 2.41. The second-order valence-corrected chi connectivity index (χ2v) is 6.42. The maximum Gasteiger partial charge on any atom is 0.0717 e. The number of hydrogen-bond donors (Lipinski definition) is 1. The van der Waals surface area contributed by atoms with Crippen molar-refractivity contribution in [1.82, 2.24) is 0 Å². The van der Waals surface area contributed by atoms with Crippen LogP contribution in [0.15, 0.2) is 30.3 Å². The number of aliphatic hydroxyl groups is 1. The quantitative estimate of drug-likeness (QED) is 0.900. The van der Waals surface area contributed by atoms with Gasteiger partial charge >= 0.3 is 0 Å². The zero-order chi connectivity index (χ0) is 14.6. The summed E-state index contributed by atoms with van der Waals surface area (Å²) in [5.41, 5.74) is 1.25. The number of ether oxygens (including phenoxy) is 2. The highest BCUT2D eigenvalue weighted by molar-refractivity contribution is 5.13. The van der Waals surface area contributed by atoms with Crippen LogP contribution < -0.4 is 0 Å². The predicted octanol–water partition coefficient (Wildman–Crippen LogP) is 3.02. The largest absolute Gasteiger partial charge is 0.393 e. The van der Waals surface area contributed by atoms with E-state index in [0.29, 0.717) is 13.2 Å². The van der Waals surface area contributed by atoms with E-state index in [2.05, 4.69) is 26.0 Å². The van der Waals surface area contributed by atoms with Crippen molar-refractivity contribution in [1.29, 1.82) is 0 Å². The lowest BCUT2D eigenvalue weighted by Gasteiger charge is -2.45. The molecule has 1 fully saturated rings. The van der Waals surface area contributed by atoms with Crippen molar-refractivity contribution in [3.63, 3.8) is 0 Å². The summed E-state index contributed by atoms with van der Waals surface area (Å²) in [4.78, 5) is 0. The summed E-state index contributed by atoms with van der Waals surface area (Å²) >= 11 is 0. The van der Waals surface area contributed by atoms with Crippen molar-refractivity contribution < 1.29 is 14.6 Å². The summed E-state index contributed by atoms with van der Waals surface area (Å²) in [6.45, 7) is 5.54. The Kier molecular flexibility index (Phi) is 5.19. The molecular weight excluding hydrogens is 252 g/mol. The molecule has 1 aliphatic carbocycles. The molecule has 0 bridgehead atoms. The Labute approximate surface area is 121 Å². The standard InChI is InChI=1S/C17H26O3/c1-17(2)10-9-15(18)14(16(17)19-3)12-20-11-13-7-5-4-6-8-13/h4-8,14-16,18H,9-12H2,1-3H3/t14-,15+,16+/m0/s1. The van der Waals surface area contributed by atoms with Gasteiger partial charge in [0.1, 0.15) is 0 Å².